The van der Waals surface area contributed by atoms with Gasteiger partial charge in [-0.3, -0.25) is 13.8 Å². The second-order valence-electron chi connectivity index (χ2n) is 11.1. The minimum Gasteiger partial charge on any atom is -0.461 e. The Labute approximate surface area is 185 Å². The Hall–Kier alpha value is -0.990. The zero-order valence-corrected chi connectivity index (χ0v) is 19.6. The van der Waals surface area contributed by atoms with Gasteiger partial charge in [0.25, 0.3) is 0 Å². The Kier molecular flexibility index (Phi) is 4.93. The topological polar surface area (TPSA) is 98.8 Å². The van der Waals surface area contributed by atoms with Crippen LogP contribution < -0.4 is 4.72 Å². The summed E-state index contributed by atoms with van der Waals surface area (Å²) in [5.41, 5.74) is -1.18. The van der Waals surface area contributed by atoms with Crippen LogP contribution in [-0.4, -0.2) is 38.4 Å². The number of fused-ring (bicyclic) bond motifs is 3. The van der Waals surface area contributed by atoms with E-state index < -0.39 is 21.9 Å². The molecule has 1 N–H and O–H groups in total. The van der Waals surface area contributed by atoms with E-state index in [1.807, 2.05) is 0 Å². The van der Waals surface area contributed by atoms with Crippen molar-refractivity contribution in [1.29, 1.82) is 0 Å². The highest BCUT2D eigenvalue weighted by Gasteiger charge is 2.72. The van der Waals surface area contributed by atoms with Gasteiger partial charge in [0.05, 0.1) is 12.1 Å². The summed E-state index contributed by atoms with van der Waals surface area (Å²) in [6.07, 6.45) is 7.58. The molecule has 0 aromatic carbocycles. The SMILES string of the molecule is CC(=O)OC1CC2C3CCC(C(C)=O)C3(C)CCC2C23CCCC[C@@]12NS(=O)(=O)OC3. The number of ether oxygens (including phenoxy) is 1. The van der Waals surface area contributed by atoms with Gasteiger partial charge in [-0.05, 0) is 75.0 Å². The molecule has 8 atom stereocenters. The quantitative estimate of drug-likeness (QED) is 0.645. The average molecular weight is 454 g/mol. The molecule has 7 nitrogen and oxygen atoms in total. The van der Waals surface area contributed by atoms with Gasteiger partial charge in [-0.15, -0.1) is 0 Å². The lowest BCUT2D eigenvalue weighted by atomic mass is 9.41. The van der Waals surface area contributed by atoms with Crippen molar-refractivity contribution in [3.63, 3.8) is 0 Å². The van der Waals surface area contributed by atoms with Gasteiger partial charge >= 0.3 is 16.3 Å². The second-order valence-corrected chi connectivity index (χ2v) is 12.5. The number of ketones is 1. The van der Waals surface area contributed by atoms with Crippen molar-refractivity contribution >= 4 is 22.1 Å². The molecule has 0 aromatic rings. The smallest absolute Gasteiger partial charge is 0.336 e. The molecule has 5 aliphatic rings. The van der Waals surface area contributed by atoms with Gasteiger partial charge in [0.1, 0.15) is 11.9 Å². The molecule has 1 saturated heterocycles. The van der Waals surface area contributed by atoms with Crippen LogP contribution >= 0.6 is 0 Å². The summed E-state index contributed by atoms with van der Waals surface area (Å²) in [5.74, 6) is 1.04. The summed E-state index contributed by atoms with van der Waals surface area (Å²) in [6.45, 7) is 5.59. The van der Waals surface area contributed by atoms with Crippen molar-refractivity contribution in [2.24, 2.45) is 34.5 Å². The monoisotopic (exact) mass is 453 g/mol. The molecule has 174 valence electrons. The van der Waals surface area contributed by atoms with Gasteiger partial charge in [0.2, 0.25) is 0 Å². The zero-order valence-electron chi connectivity index (χ0n) is 18.8. The molecule has 0 bridgehead atoms. The minimum atomic E-state index is -3.88. The van der Waals surface area contributed by atoms with Crippen LogP contribution in [0.3, 0.4) is 0 Å². The van der Waals surface area contributed by atoms with Crippen LogP contribution in [0, 0.1) is 34.5 Å². The maximum absolute atomic E-state index is 12.6. The van der Waals surface area contributed by atoms with Gasteiger partial charge in [-0.2, -0.15) is 13.1 Å². The largest absolute Gasteiger partial charge is 0.461 e. The molecule has 5 rings (SSSR count). The Bertz CT molecular complexity index is 904. The molecule has 7 unspecified atom stereocenters. The molecule has 1 heterocycles. The predicted molar refractivity (Wildman–Crippen MR) is 113 cm³/mol. The molecule has 0 radical (unpaired) electrons. The van der Waals surface area contributed by atoms with Crippen molar-refractivity contribution in [3.05, 3.63) is 0 Å². The Morgan fingerprint density at radius 2 is 1.77 bits per heavy atom. The molecular weight excluding hydrogens is 418 g/mol. The number of Topliss-reactive ketones (excluding diaryl/α,β-unsaturated/α-hetero) is 1. The van der Waals surface area contributed by atoms with E-state index in [0.29, 0.717) is 30.6 Å². The Morgan fingerprint density at radius 3 is 2.48 bits per heavy atom. The fourth-order valence-corrected chi connectivity index (χ4v) is 10.4. The van der Waals surface area contributed by atoms with Gasteiger partial charge < -0.3 is 4.74 Å². The lowest BCUT2D eigenvalue weighted by Crippen LogP contribution is -2.78. The highest BCUT2D eigenvalue weighted by atomic mass is 32.2. The van der Waals surface area contributed by atoms with Crippen LogP contribution in [0.25, 0.3) is 0 Å². The first-order chi connectivity index (χ1) is 14.5. The van der Waals surface area contributed by atoms with E-state index in [1.165, 1.54) is 6.92 Å². The molecule has 5 fully saturated rings. The fraction of sp³-hybridized carbons (Fsp3) is 0.913. The Morgan fingerprint density at radius 1 is 1.03 bits per heavy atom. The third-order valence-electron chi connectivity index (χ3n) is 10.1. The molecule has 0 amide bonds. The highest BCUT2D eigenvalue weighted by molar-refractivity contribution is 7.84. The van der Waals surface area contributed by atoms with Crippen LogP contribution in [0.15, 0.2) is 0 Å². The molecule has 1 aliphatic heterocycles. The summed E-state index contributed by atoms with van der Waals surface area (Å²) >= 11 is 0. The first kappa shape index (κ1) is 21.8. The van der Waals surface area contributed by atoms with Gasteiger partial charge in [0.15, 0.2) is 0 Å². The summed E-state index contributed by atoms with van der Waals surface area (Å²) in [7, 11) is -3.88. The van der Waals surface area contributed by atoms with Crippen LogP contribution in [0.5, 0.6) is 0 Å². The third-order valence-corrected chi connectivity index (χ3v) is 11.1. The number of hydrogen-bond donors (Lipinski definition) is 1. The minimum absolute atomic E-state index is 0.0197. The number of carbonyl (C=O) groups is 2. The van der Waals surface area contributed by atoms with Crippen molar-refractivity contribution in [3.8, 4) is 0 Å². The molecule has 0 aromatic heterocycles. The van der Waals surface area contributed by atoms with E-state index in [2.05, 4.69) is 11.6 Å². The first-order valence-electron chi connectivity index (χ1n) is 11.9. The maximum atomic E-state index is 12.6. The third kappa shape index (κ3) is 2.93. The van der Waals surface area contributed by atoms with E-state index in [-0.39, 0.29) is 35.1 Å². The molecule has 8 heteroatoms. The standard InChI is InChI=1S/C23H35NO6S/c1-14(25)17-6-7-18-16-12-20(30-15(2)26)23-10-5-4-9-22(23,13-29-31(27,28)24-23)19(16)8-11-21(17,18)3/h16-20,24H,4-13H2,1-3H3/t16?,17?,18?,19?,20?,21?,22?,23-/m1/s1. The number of carbonyl (C=O) groups excluding carboxylic acids is 2. The summed E-state index contributed by atoms with van der Waals surface area (Å²) in [4.78, 5) is 24.6. The molecule has 4 saturated carbocycles. The van der Waals surface area contributed by atoms with E-state index >= 15 is 0 Å². The van der Waals surface area contributed by atoms with Crippen LogP contribution in [0.1, 0.15) is 78.6 Å². The summed E-state index contributed by atoms with van der Waals surface area (Å²) < 4.78 is 39.5. The number of nitrogens with one attached hydrogen (secondary N) is 1. The van der Waals surface area contributed by atoms with Gasteiger partial charge in [-0.1, -0.05) is 19.8 Å². The van der Waals surface area contributed by atoms with Crippen LogP contribution in [0.4, 0.5) is 0 Å². The van der Waals surface area contributed by atoms with Crippen molar-refractivity contribution < 1.29 is 26.9 Å². The van der Waals surface area contributed by atoms with Gasteiger partial charge in [-0.25, -0.2) is 0 Å². The summed E-state index contributed by atoms with van der Waals surface area (Å²) in [5, 5.41) is 0. The molecule has 0 spiro atoms. The number of esters is 1. The average Bonchev–Trinajstić information content (AvgIpc) is 3.04. The van der Waals surface area contributed by atoms with E-state index in [4.69, 9.17) is 8.92 Å². The highest BCUT2D eigenvalue weighted by Crippen LogP contribution is 2.69. The Balaban J connectivity index is 1.61. The lowest BCUT2D eigenvalue weighted by Gasteiger charge is -2.68. The first-order valence-corrected chi connectivity index (χ1v) is 13.3. The van der Waals surface area contributed by atoms with E-state index in [1.54, 1.807) is 6.92 Å². The predicted octanol–water partition coefficient (Wildman–Crippen LogP) is 3.13. The number of hydrogen-bond acceptors (Lipinski definition) is 6. The molecule has 4 aliphatic carbocycles. The van der Waals surface area contributed by atoms with Crippen molar-refractivity contribution in [1.82, 2.24) is 4.72 Å². The fourth-order valence-electron chi connectivity index (χ4n) is 9.04. The van der Waals surface area contributed by atoms with Gasteiger partial charge in [0, 0.05) is 18.3 Å². The summed E-state index contributed by atoms with van der Waals surface area (Å²) in [6, 6.07) is 0. The van der Waals surface area contributed by atoms with Crippen molar-refractivity contribution in [2.75, 3.05) is 6.61 Å². The lowest BCUT2D eigenvalue weighted by molar-refractivity contribution is -0.214. The number of rotatable bonds is 2. The molecular formula is C23H35NO6S. The van der Waals surface area contributed by atoms with E-state index in [9.17, 15) is 18.0 Å². The normalized spacial score (nSPS) is 50.4. The van der Waals surface area contributed by atoms with E-state index in [0.717, 1.165) is 44.9 Å². The maximum Gasteiger partial charge on any atom is 0.336 e. The zero-order chi connectivity index (χ0) is 22.2. The molecule has 31 heavy (non-hydrogen) atoms. The second kappa shape index (κ2) is 7.00. The van der Waals surface area contributed by atoms with Crippen molar-refractivity contribution in [2.45, 2.75) is 90.2 Å². The van der Waals surface area contributed by atoms with Crippen LogP contribution in [0.2, 0.25) is 0 Å². The van der Waals surface area contributed by atoms with Crippen LogP contribution in [-0.2, 0) is 28.8 Å².